The van der Waals surface area contributed by atoms with Crippen LogP contribution in [0.25, 0.3) is 0 Å². The minimum absolute atomic E-state index is 0.0248. The van der Waals surface area contributed by atoms with Crippen molar-refractivity contribution in [2.45, 2.75) is 49.7 Å². The van der Waals surface area contributed by atoms with Crippen LogP contribution in [0.1, 0.15) is 49.3 Å². The summed E-state index contributed by atoms with van der Waals surface area (Å²) in [4.78, 5) is 15.6. The molecule has 148 valence electrons. The van der Waals surface area contributed by atoms with E-state index < -0.39 is 24.2 Å². The van der Waals surface area contributed by atoms with Crippen molar-refractivity contribution in [3.8, 4) is 5.75 Å². The van der Waals surface area contributed by atoms with Crippen LogP contribution in [-0.4, -0.2) is 35.9 Å². The van der Waals surface area contributed by atoms with Crippen molar-refractivity contribution in [1.29, 1.82) is 0 Å². The molecule has 1 fully saturated rings. The van der Waals surface area contributed by atoms with Gasteiger partial charge in [-0.05, 0) is 42.2 Å². The molecule has 2 N–H and O–H groups in total. The van der Waals surface area contributed by atoms with Gasteiger partial charge in [-0.25, -0.2) is 0 Å². The van der Waals surface area contributed by atoms with Gasteiger partial charge in [0.2, 0.25) is 5.91 Å². The highest BCUT2D eigenvalue weighted by atomic mass is 16.5. The Kier molecular flexibility index (Phi) is 5.13. The first kappa shape index (κ1) is 19.0. The van der Waals surface area contributed by atoms with Crippen LogP contribution in [0.3, 0.4) is 0 Å². The number of methoxy groups -OCH3 is 1. The molecule has 1 heterocycles. The molecule has 2 aromatic carbocycles. The molecule has 2 atom stereocenters. The smallest absolute Gasteiger partial charge is 0.238 e. The fourth-order valence-corrected chi connectivity index (χ4v) is 4.90. The molecule has 2 aromatic rings. The number of carbonyl (C=O) groups excluding carboxylic acids is 1. The van der Waals surface area contributed by atoms with Crippen LogP contribution in [0.4, 0.5) is 5.69 Å². The number of hydrogen-bond donors (Lipinski definition) is 2. The van der Waals surface area contributed by atoms with Gasteiger partial charge in [0.1, 0.15) is 11.9 Å². The summed E-state index contributed by atoms with van der Waals surface area (Å²) < 4.78 is 5.44. The number of amides is 1. The molecule has 0 aromatic heterocycles. The van der Waals surface area contributed by atoms with Gasteiger partial charge < -0.3 is 19.8 Å². The summed E-state index contributed by atoms with van der Waals surface area (Å²) in [6.45, 7) is -0.415. The van der Waals surface area contributed by atoms with Crippen molar-refractivity contribution in [3.63, 3.8) is 0 Å². The quantitative estimate of drug-likeness (QED) is 0.833. The summed E-state index contributed by atoms with van der Waals surface area (Å²) in [7, 11) is 1.63. The summed E-state index contributed by atoms with van der Waals surface area (Å²) in [6.07, 6.45) is 3.69. The van der Waals surface area contributed by atoms with E-state index >= 15 is 0 Å². The van der Waals surface area contributed by atoms with Gasteiger partial charge in [-0.2, -0.15) is 0 Å². The SMILES string of the molecule is COc1ccc2c(c1)C1(CCCCC1)C(=O)N2[C@@H](c1ccccc1)[C@H](O)CO. The number of fused-ring (bicyclic) bond motifs is 2. The first-order chi connectivity index (χ1) is 13.6. The number of nitrogens with zero attached hydrogens (tertiary/aromatic N) is 1. The van der Waals surface area contributed by atoms with E-state index in [2.05, 4.69) is 0 Å². The number of rotatable bonds is 5. The molecular formula is C23H27NO4. The highest BCUT2D eigenvalue weighted by Crippen LogP contribution is 2.53. The Labute approximate surface area is 165 Å². The van der Waals surface area contributed by atoms with Gasteiger partial charge in [0.15, 0.2) is 0 Å². The zero-order valence-electron chi connectivity index (χ0n) is 16.2. The van der Waals surface area contributed by atoms with Crippen LogP contribution in [0.5, 0.6) is 5.75 Å². The number of ether oxygens (including phenoxy) is 1. The summed E-state index contributed by atoms with van der Waals surface area (Å²) >= 11 is 0. The van der Waals surface area contributed by atoms with Gasteiger partial charge in [0.25, 0.3) is 0 Å². The van der Waals surface area contributed by atoms with Crippen molar-refractivity contribution in [2.75, 3.05) is 18.6 Å². The Morgan fingerprint density at radius 1 is 1.11 bits per heavy atom. The van der Waals surface area contributed by atoms with E-state index in [9.17, 15) is 15.0 Å². The minimum Gasteiger partial charge on any atom is -0.497 e. The van der Waals surface area contributed by atoms with Crippen molar-refractivity contribution < 1.29 is 19.7 Å². The van der Waals surface area contributed by atoms with E-state index in [-0.39, 0.29) is 5.91 Å². The second-order valence-corrected chi connectivity index (χ2v) is 7.81. The van der Waals surface area contributed by atoms with Gasteiger partial charge >= 0.3 is 0 Å². The van der Waals surface area contributed by atoms with Crippen LogP contribution < -0.4 is 9.64 Å². The molecule has 2 aliphatic rings. The van der Waals surface area contributed by atoms with Gasteiger partial charge in [-0.1, -0.05) is 49.6 Å². The van der Waals surface area contributed by atoms with Crippen molar-refractivity contribution in [3.05, 3.63) is 59.7 Å². The standard InChI is InChI=1S/C23H27NO4/c1-28-17-10-11-19-18(14-17)23(12-6-3-7-13-23)22(27)24(19)21(20(26)15-25)16-8-4-2-5-9-16/h2,4-5,8-11,14,20-21,25-26H,3,6-7,12-13,15H2,1H3/t20-,21+/m1/s1. The van der Waals surface area contributed by atoms with Gasteiger partial charge in [0.05, 0.1) is 25.2 Å². The van der Waals surface area contributed by atoms with Gasteiger partial charge in [-0.15, -0.1) is 0 Å². The van der Waals surface area contributed by atoms with Crippen LogP contribution in [0, 0.1) is 0 Å². The summed E-state index contributed by atoms with van der Waals surface area (Å²) in [5.74, 6) is 0.758. The largest absolute Gasteiger partial charge is 0.497 e. The van der Waals surface area contributed by atoms with E-state index in [4.69, 9.17) is 4.74 Å². The Morgan fingerprint density at radius 3 is 2.46 bits per heavy atom. The lowest BCUT2D eigenvalue weighted by atomic mass is 9.70. The third kappa shape index (κ3) is 2.90. The number of anilines is 1. The molecule has 1 aliphatic heterocycles. The first-order valence-corrected chi connectivity index (χ1v) is 9.98. The molecular weight excluding hydrogens is 354 g/mol. The van der Waals surface area contributed by atoms with Crippen molar-refractivity contribution in [1.82, 2.24) is 0 Å². The predicted octanol–water partition coefficient (Wildman–Crippen LogP) is 3.34. The van der Waals surface area contributed by atoms with Crippen LogP contribution >= 0.6 is 0 Å². The lowest BCUT2D eigenvalue weighted by Crippen LogP contribution is -2.46. The molecule has 1 amide bonds. The molecule has 4 rings (SSSR count). The van der Waals surface area contributed by atoms with Crippen molar-refractivity contribution in [2.24, 2.45) is 0 Å². The van der Waals surface area contributed by atoms with Gasteiger partial charge in [0, 0.05) is 5.69 Å². The molecule has 5 nitrogen and oxygen atoms in total. The van der Waals surface area contributed by atoms with E-state index in [1.165, 1.54) is 0 Å². The third-order valence-corrected chi connectivity index (χ3v) is 6.28. The average molecular weight is 381 g/mol. The lowest BCUT2D eigenvalue weighted by molar-refractivity contribution is -0.125. The van der Waals surface area contributed by atoms with Crippen molar-refractivity contribution >= 4 is 11.6 Å². The molecule has 28 heavy (non-hydrogen) atoms. The Hall–Kier alpha value is -2.37. The molecule has 1 spiro atoms. The van der Waals surface area contributed by atoms with E-state index in [0.717, 1.165) is 54.7 Å². The maximum absolute atomic E-state index is 13.9. The first-order valence-electron chi connectivity index (χ1n) is 9.98. The molecule has 0 radical (unpaired) electrons. The summed E-state index contributed by atoms with van der Waals surface area (Å²) in [6, 6.07) is 14.6. The number of aliphatic hydroxyl groups excluding tert-OH is 2. The maximum Gasteiger partial charge on any atom is 0.238 e. The summed E-state index contributed by atoms with van der Waals surface area (Å²) in [5.41, 5.74) is 2.05. The Balaban J connectivity index is 1.88. The highest BCUT2D eigenvalue weighted by molar-refractivity contribution is 6.09. The van der Waals surface area contributed by atoms with Crippen LogP contribution in [-0.2, 0) is 10.2 Å². The topological polar surface area (TPSA) is 70.0 Å². The average Bonchev–Trinajstić information content (AvgIpc) is 2.97. The Morgan fingerprint density at radius 2 is 1.82 bits per heavy atom. The molecule has 0 saturated heterocycles. The number of carbonyl (C=O) groups is 1. The monoisotopic (exact) mass is 381 g/mol. The third-order valence-electron chi connectivity index (χ3n) is 6.28. The Bertz CT molecular complexity index is 845. The fraction of sp³-hybridized carbons (Fsp3) is 0.435. The fourth-order valence-electron chi connectivity index (χ4n) is 4.90. The predicted molar refractivity (Wildman–Crippen MR) is 108 cm³/mol. The zero-order valence-corrected chi connectivity index (χ0v) is 16.2. The van der Waals surface area contributed by atoms with E-state index in [1.54, 1.807) is 12.0 Å². The van der Waals surface area contributed by atoms with Crippen LogP contribution in [0.2, 0.25) is 0 Å². The van der Waals surface area contributed by atoms with E-state index in [1.807, 2.05) is 48.5 Å². The maximum atomic E-state index is 13.9. The second-order valence-electron chi connectivity index (χ2n) is 7.81. The minimum atomic E-state index is -1.07. The number of hydrogen-bond acceptors (Lipinski definition) is 4. The molecule has 5 heteroatoms. The van der Waals surface area contributed by atoms with E-state index in [0.29, 0.717) is 0 Å². The molecule has 1 saturated carbocycles. The molecule has 1 aliphatic carbocycles. The second kappa shape index (κ2) is 7.57. The lowest BCUT2D eigenvalue weighted by Gasteiger charge is -2.36. The highest BCUT2D eigenvalue weighted by Gasteiger charge is 2.53. The van der Waals surface area contributed by atoms with Crippen LogP contribution in [0.15, 0.2) is 48.5 Å². The zero-order chi connectivity index (χ0) is 19.7. The molecule has 0 unspecified atom stereocenters. The summed E-state index contributed by atoms with van der Waals surface area (Å²) in [5, 5.41) is 20.4. The number of aliphatic hydroxyl groups is 2. The number of benzene rings is 2. The molecule has 0 bridgehead atoms. The van der Waals surface area contributed by atoms with Gasteiger partial charge in [-0.3, -0.25) is 4.79 Å². The normalized spacial score (nSPS) is 20.1.